The number of phenols is 1. The van der Waals surface area contributed by atoms with Crippen LogP contribution in [-0.2, 0) is 4.74 Å². The quantitative estimate of drug-likeness (QED) is 0.124. The molecular formula is C35H46N4O5S2. The molecule has 0 aliphatic carbocycles. The summed E-state index contributed by atoms with van der Waals surface area (Å²) in [5.74, 6) is 0.170. The van der Waals surface area contributed by atoms with Gasteiger partial charge in [-0.2, -0.15) is 0 Å². The van der Waals surface area contributed by atoms with E-state index in [2.05, 4.69) is 27.3 Å². The number of nitrogens with zero attached hydrogens (tertiary/aromatic N) is 2. The van der Waals surface area contributed by atoms with Crippen LogP contribution in [0.4, 0.5) is 0 Å². The highest BCUT2D eigenvalue weighted by atomic mass is 32.1. The van der Waals surface area contributed by atoms with Crippen molar-refractivity contribution in [1.29, 1.82) is 0 Å². The third-order valence-electron chi connectivity index (χ3n) is 9.55. The molecule has 2 fully saturated rings. The number of aliphatic hydroxyl groups excluding tert-OH is 1. The van der Waals surface area contributed by atoms with Gasteiger partial charge in [0, 0.05) is 36.4 Å². The first-order chi connectivity index (χ1) is 22.4. The second-order valence-electron chi connectivity index (χ2n) is 12.8. The molecule has 11 heteroatoms. The van der Waals surface area contributed by atoms with Crippen molar-refractivity contribution in [3.63, 3.8) is 0 Å². The topological polar surface area (TPSA) is 118 Å². The van der Waals surface area contributed by atoms with E-state index in [1.165, 1.54) is 44.6 Å². The number of hydrogen-bond acceptors (Lipinski definition) is 9. The average molecular weight is 667 g/mol. The van der Waals surface area contributed by atoms with Gasteiger partial charge in [0.15, 0.2) is 0 Å². The number of carbonyl (C=O) groups is 1. The molecule has 9 nitrogen and oxygen atoms in total. The highest BCUT2D eigenvalue weighted by Crippen LogP contribution is 2.33. The number of phenolic OH excluding ortho intramolecular Hbond substituents is 1. The van der Waals surface area contributed by atoms with E-state index in [4.69, 9.17) is 4.74 Å². The van der Waals surface area contributed by atoms with E-state index < -0.39 is 6.10 Å². The molecule has 2 aliphatic heterocycles. The number of aliphatic hydroxyl groups is 1. The standard InChI is InChI=1S/C35H46N4O5S2/c40-27-13-12-26(32-31(27)37-34(43)46-32)28(41)23-36-16-8-4-2-1-3-5-9-17-38-18-14-35(15-19-38)24-39(20-21-44-35)33(42)30-22-25-10-6-7-11-29(25)45-30/h6-7,10-13,22,28,36,40-41H,1-5,8-9,14-21,23-24H2,(H,37,43)/t28-/m0/s1. The van der Waals surface area contributed by atoms with Crippen molar-refractivity contribution in [2.75, 3.05) is 52.4 Å². The molecule has 4 heterocycles. The van der Waals surface area contributed by atoms with E-state index in [-0.39, 0.29) is 22.1 Å². The van der Waals surface area contributed by atoms with Crippen LogP contribution in [0, 0.1) is 0 Å². The fourth-order valence-electron chi connectivity index (χ4n) is 6.87. The Morgan fingerprint density at radius 3 is 2.57 bits per heavy atom. The number of nitrogens with one attached hydrogen (secondary N) is 2. The van der Waals surface area contributed by atoms with Crippen molar-refractivity contribution >= 4 is 48.9 Å². The third kappa shape index (κ3) is 8.00. The van der Waals surface area contributed by atoms with Crippen LogP contribution in [0.5, 0.6) is 5.75 Å². The van der Waals surface area contributed by atoms with Crippen molar-refractivity contribution in [2.45, 2.75) is 69.5 Å². The van der Waals surface area contributed by atoms with Gasteiger partial charge in [-0.3, -0.25) is 9.59 Å². The summed E-state index contributed by atoms with van der Waals surface area (Å²) in [6.07, 6.45) is 9.70. The highest BCUT2D eigenvalue weighted by molar-refractivity contribution is 7.20. The molecule has 2 aliphatic rings. The molecule has 4 N–H and O–H groups in total. The third-order valence-corrected chi connectivity index (χ3v) is 11.6. The van der Waals surface area contributed by atoms with E-state index in [9.17, 15) is 19.8 Å². The number of morpholine rings is 1. The van der Waals surface area contributed by atoms with Crippen LogP contribution < -0.4 is 10.2 Å². The SMILES string of the molecule is O=C(c1cc2ccccc2s1)N1CCOC2(CCN(CCCCCCCCCNC[C@H](O)c3ccc(O)c4[nH]c(=O)sc34)CC2)C1. The number of thiazole rings is 1. The zero-order valence-electron chi connectivity index (χ0n) is 26.5. The Hall–Kier alpha value is -2.80. The number of likely N-dealkylation sites (tertiary alicyclic amines) is 1. The van der Waals surface area contributed by atoms with Crippen molar-refractivity contribution in [3.05, 3.63) is 62.6 Å². The van der Waals surface area contributed by atoms with Gasteiger partial charge < -0.3 is 35.1 Å². The molecule has 1 amide bonds. The van der Waals surface area contributed by atoms with Gasteiger partial charge in [-0.05, 0) is 62.4 Å². The molecular weight excluding hydrogens is 621 g/mol. The summed E-state index contributed by atoms with van der Waals surface area (Å²) in [5.41, 5.74) is 0.864. The molecule has 2 aromatic carbocycles. The zero-order valence-corrected chi connectivity index (χ0v) is 28.1. The second-order valence-corrected chi connectivity index (χ2v) is 14.9. The van der Waals surface area contributed by atoms with E-state index in [0.29, 0.717) is 42.0 Å². The van der Waals surface area contributed by atoms with Crippen LogP contribution >= 0.6 is 22.7 Å². The number of piperidine rings is 1. The normalized spacial score (nSPS) is 17.7. The number of aromatic nitrogens is 1. The largest absolute Gasteiger partial charge is 0.506 e. The monoisotopic (exact) mass is 666 g/mol. The molecule has 2 aromatic heterocycles. The van der Waals surface area contributed by atoms with Crippen molar-refractivity contribution in [3.8, 4) is 5.75 Å². The number of hydrogen-bond donors (Lipinski definition) is 4. The van der Waals surface area contributed by atoms with Crippen LogP contribution in [-0.4, -0.2) is 88.9 Å². The molecule has 0 bridgehead atoms. The average Bonchev–Trinajstić information content (AvgIpc) is 3.68. The molecule has 0 unspecified atom stereocenters. The van der Waals surface area contributed by atoms with Crippen molar-refractivity contribution in [2.24, 2.45) is 0 Å². The van der Waals surface area contributed by atoms with Crippen LogP contribution in [0.1, 0.15) is 79.1 Å². The Morgan fingerprint density at radius 2 is 1.76 bits per heavy atom. The fraction of sp³-hybridized carbons (Fsp3) is 0.543. The number of unbranched alkanes of at least 4 members (excludes halogenated alkanes) is 6. The lowest BCUT2D eigenvalue weighted by Gasteiger charge is -2.47. The van der Waals surface area contributed by atoms with Gasteiger partial charge in [0.05, 0.1) is 34.4 Å². The Morgan fingerprint density at radius 1 is 1.00 bits per heavy atom. The Balaban J connectivity index is 0.804. The van der Waals surface area contributed by atoms with Gasteiger partial charge in [-0.25, -0.2) is 0 Å². The maximum absolute atomic E-state index is 13.3. The number of fused-ring (bicyclic) bond motifs is 2. The number of amides is 1. The Bertz CT molecular complexity index is 1620. The Labute approximate surface area is 278 Å². The number of aromatic hydroxyl groups is 1. The van der Waals surface area contributed by atoms with Crippen LogP contribution in [0.3, 0.4) is 0 Å². The number of rotatable bonds is 14. The first kappa shape index (κ1) is 33.1. The molecule has 0 saturated carbocycles. The first-order valence-corrected chi connectivity index (χ1v) is 18.4. The summed E-state index contributed by atoms with van der Waals surface area (Å²) in [6.45, 7) is 6.46. The number of H-pyrrole nitrogens is 1. The molecule has 6 rings (SSSR count). The Kier molecular flexibility index (Phi) is 11.1. The van der Waals surface area contributed by atoms with E-state index in [0.717, 1.165) is 71.7 Å². The summed E-state index contributed by atoms with van der Waals surface area (Å²) in [6, 6.07) is 13.4. The fourth-order valence-corrected chi connectivity index (χ4v) is 8.82. The summed E-state index contributed by atoms with van der Waals surface area (Å²) in [4.78, 5) is 32.9. The molecule has 1 spiro atoms. The molecule has 2 saturated heterocycles. The lowest BCUT2D eigenvalue weighted by Crippen LogP contribution is -2.58. The lowest BCUT2D eigenvalue weighted by molar-refractivity contribution is -0.127. The number of ether oxygens (including phenoxy) is 1. The summed E-state index contributed by atoms with van der Waals surface area (Å²) in [7, 11) is 0. The van der Waals surface area contributed by atoms with Crippen molar-refractivity contribution in [1.82, 2.24) is 20.1 Å². The van der Waals surface area contributed by atoms with Crippen molar-refractivity contribution < 1.29 is 19.7 Å². The molecule has 1 atom stereocenters. The minimum absolute atomic E-state index is 0.0255. The maximum atomic E-state index is 13.3. The van der Waals surface area contributed by atoms with Crippen LogP contribution in [0.2, 0.25) is 0 Å². The summed E-state index contributed by atoms with van der Waals surface area (Å²) >= 11 is 2.61. The number of benzene rings is 2. The number of aromatic amines is 1. The van der Waals surface area contributed by atoms with E-state index in [1.54, 1.807) is 17.4 Å². The highest BCUT2D eigenvalue weighted by Gasteiger charge is 2.41. The molecule has 46 heavy (non-hydrogen) atoms. The minimum atomic E-state index is -0.730. The summed E-state index contributed by atoms with van der Waals surface area (Å²) < 4.78 is 8.11. The predicted octanol–water partition coefficient (Wildman–Crippen LogP) is 5.87. The van der Waals surface area contributed by atoms with Gasteiger partial charge in [0.2, 0.25) is 0 Å². The summed E-state index contributed by atoms with van der Waals surface area (Å²) in [5, 5.41) is 25.0. The van der Waals surface area contributed by atoms with Gasteiger partial charge in [-0.1, -0.05) is 67.7 Å². The smallest absolute Gasteiger partial charge is 0.305 e. The molecule has 0 radical (unpaired) electrons. The number of carbonyl (C=O) groups excluding carboxylic acids is 1. The van der Waals surface area contributed by atoms with E-state index >= 15 is 0 Å². The van der Waals surface area contributed by atoms with E-state index in [1.807, 2.05) is 23.1 Å². The van der Waals surface area contributed by atoms with Gasteiger partial charge >= 0.3 is 4.87 Å². The minimum Gasteiger partial charge on any atom is -0.506 e. The molecule has 4 aromatic rings. The zero-order chi connectivity index (χ0) is 31.9. The molecule has 248 valence electrons. The second kappa shape index (κ2) is 15.4. The van der Waals surface area contributed by atoms with Gasteiger partial charge in [0.1, 0.15) is 11.3 Å². The predicted molar refractivity (Wildman–Crippen MR) is 186 cm³/mol. The lowest BCUT2D eigenvalue weighted by atomic mass is 9.89. The van der Waals surface area contributed by atoms with Crippen LogP contribution in [0.25, 0.3) is 20.3 Å². The maximum Gasteiger partial charge on any atom is 0.305 e. The number of thiophene rings is 1. The van der Waals surface area contributed by atoms with Gasteiger partial charge in [0.25, 0.3) is 5.91 Å². The van der Waals surface area contributed by atoms with Gasteiger partial charge in [-0.15, -0.1) is 11.3 Å². The van der Waals surface area contributed by atoms with Crippen LogP contribution in [0.15, 0.2) is 47.3 Å². The first-order valence-electron chi connectivity index (χ1n) is 16.8.